The Morgan fingerprint density at radius 2 is 1.61 bits per heavy atom. The molecule has 2 aliphatic rings. The van der Waals surface area contributed by atoms with Gasteiger partial charge in [0.25, 0.3) is 0 Å². The molecule has 0 amide bonds. The molecule has 0 radical (unpaired) electrons. The molecule has 200 valence electrons. The van der Waals surface area contributed by atoms with Crippen molar-refractivity contribution in [2.24, 2.45) is 5.92 Å². The Morgan fingerprint density at radius 3 is 2.08 bits per heavy atom. The van der Waals surface area contributed by atoms with E-state index in [1.54, 1.807) is 12.7 Å². The average Bonchev–Trinajstić information content (AvgIpc) is 3.42. The van der Waals surface area contributed by atoms with Gasteiger partial charge >= 0.3 is 24.3 Å². The van der Waals surface area contributed by atoms with Gasteiger partial charge in [0, 0.05) is 37.6 Å². The third-order valence-corrected chi connectivity index (χ3v) is 5.55. The number of carbonyl (C=O) groups is 2. The molecule has 11 nitrogen and oxygen atoms in total. The maximum atomic E-state index is 10.6. The van der Waals surface area contributed by atoms with Gasteiger partial charge < -0.3 is 15.1 Å². The molecule has 2 saturated heterocycles. The first kappa shape index (κ1) is 28.7. The summed E-state index contributed by atoms with van der Waals surface area (Å²) in [6.07, 6.45) is -0.737. The first-order chi connectivity index (χ1) is 16.7. The standard InChI is InChI=1S/C15H21N7.2C2HF3O2/c1-20-13(9-22-11-16-10-19-22)7-12-8-21(6-3-14(12)20)15-17-4-2-5-18-15;2*3-2(4,5)1(6)7/h2,4-5,10-14H,3,6-9H2,1H3;2*(H,6,7)/t12-,13+,14+;;/m1../s1. The third-order valence-electron chi connectivity index (χ3n) is 5.55. The third kappa shape index (κ3) is 8.31. The highest BCUT2D eigenvalue weighted by Gasteiger charge is 2.42. The smallest absolute Gasteiger partial charge is 0.475 e. The molecule has 4 heterocycles. The van der Waals surface area contributed by atoms with Gasteiger partial charge in [0.1, 0.15) is 12.7 Å². The summed E-state index contributed by atoms with van der Waals surface area (Å²) in [4.78, 5) is 35.5. The van der Waals surface area contributed by atoms with E-state index in [0.717, 1.165) is 25.6 Å². The number of anilines is 1. The molecular formula is C19H23F6N7O4. The van der Waals surface area contributed by atoms with Crippen molar-refractivity contribution in [2.75, 3.05) is 25.0 Å². The van der Waals surface area contributed by atoms with Gasteiger partial charge in [-0.25, -0.2) is 24.5 Å². The number of fused-ring (bicyclic) bond motifs is 1. The number of alkyl halides is 6. The quantitative estimate of drug-likeness (QED) is 0.570. The highest BCUT2D eigenvalue weighted by atomic mass is 19.4. The highest BCUT2D eigenvalue weighted by Crippen LogP contribution is 2.35. The van der Waals surface area contributed by atoms with Crippen molar-refractivity contribution in [3.05, 3.63) is 31.1 Å². The average molecular weight is 527 g/mol. The zero-order valence-electron chi connectivity index (χ0n) is 18.8. The van der Waals surface area contributed by atoms with Crippen molar-refractivity contribution in [3.63, 3.8) is 0 Å². The van der Waals surface area contributed by atoms with E-state index >= 15 is 0 Å². The predicted molar refractivity (Wildman–Crippen MR) is 110 cm³/mol. The number of likely N-dealkylation sites (tertiary alicyclic amines) is 1. The second-order valence-electron chi connectivity index (χ2n) is 7.89. The van der Waals surface area contributed by atoms with Crippen LogP contribution in [-0.4, -0.2) is 96.4 Å². The van der Waals surface area contributed by atoms with Crippen LogP contribution >= 0.6 is 0 Å². The molecular weight excluding hydrogens is 504 g/mol. The van der Waals surface area contributed by atoms with E-state index in [9.17, 15) is 26.3 Å². The van der Waals surface area contributed by atoms with Crippen LogP contribution in [0.25, 0.3) is 0 Å². The molecule has 2 fully saturated rings. The van der Waals surface area contributed by atoms with Gasteiger partial charge in [0.15, 0.2) is 0 Å². The lowest BCUT2D eigenvalue weighted by molar-refractivity contribution is -0.193. The fourth-order valence-corrected chi connectivity index (χ4v) is 3.96. The Labute approximate surface area is 200 Å². The number of aliphatic carboxylic acids is 2. The number of carboxylic acid groups (broad SMARTS) is 2. The van der Waals surface area contributed by atoms with E-state index in [1.807, 2.05) is 23.1 Å². The minimum atomic E-state index is -5.08. The fraction of sp³-hybridized carbons (Fsp3) is 0.579. The second-order valence-corrected chi connectivity index (χ2v) is 7.89. The first-order valence-electron chi connectivity index (χ1n) is 10.4. The maximum Gasteiger partial charge on any atom is 0.490 e. The normalized spacial score (nSPS) is 22.0. The van der Waals surface area contributed by atoms with Gasteiger partial charge in [-0.1, -0.05) is 0 Å². The summed E-state index contributed by atoms with van der Waals surface area (Å²) >= 11 is 0. The van der Waals surface area contributed by atoms with Crippen LogP contribution in [0, 0.1) is 5.92 Å². The van der Waals surface area contributed by atoms with Gasteiger partial charge in [-0.3, -0.25) is 9.58 Å². The Balaban J connectivity index is 0.000000271. The molecule has 2 aromatic rings. The highest BCUT2D eigenvalue weighted by molar-refractivity contribution is 5.73. The fourth-order valence-electron chi connectivity index (χ4n) is 3.96. The van der Waals surface area contributed by atoms with Gasteiger partial charge in [0.2, 0.25) is 5.95 Å². The lowest BCUT2D eigenvalue weighted by atomic mass is 9.92. The number of piperidine rings is 1. The zero-order chi connectivity index (χ0) is 27.1. The number of hydrogen-bond acceptors (Lipinski definition) is 8. The molecule has 0 aromatic carbocycles. The van der Waals surface area contributed by atoms with Crippen LogP contribution in [0.5, 0.6) is 0 Å². The van der Waals surface area contributed by atoms with Crippen molar-refractivity contribution in [1.29, 1.82) is 0 Å². The molecule has 0 unspecified atom stereocenters. The van der Waals surface area contributed by atoms with E-state index in [2.05, 4.69) is 36.9 Å². The summed E-state index contributed by atoms with van der Waals surface area (Å²) in [6.45, 7) is 3.00. The number of hydrogen-bond donors (Lipinski definition) is 2. The van der Waals surface area contributed by atoms with Crippen LogP contribution < -0.4 is 4.90 Å². The van der Waals surface area contributed by atoms with Gasteiger partial charge in [0.05, 0.1) is 6.54 Å². The summed E-state index contributed by atoms with van der Waals surface area (Å²) in [6, 6.07) is 3.06. The largest absolute Gasteiger partial charge is 0.490 e. The summed E-state index contributed by atoms with van der Waals surface area (Å²) in [5, 5.41) is 18.5. The Hall–Kier alpha value is -3.50. The second kappa shape index (κ2) is 12.0. The van der Waals surface area contributed by atoms with Crippen LogP contribution in [-0.2, 0) is 16.1 Å². The molecule has 0 spiro atoms. The van der Waals surface area contributed by atoms with Crippen molar-refractivity contribution >= 4 is 17.9 Å². The molecule has 2 aromatic heterocycles. The minimum absolute atomic E-state index is 0.536. The Morgan fingerprint density at radius 1 is 1.06 bits per heavy atom. The van der Waals surface area contributed by atoms with Crippen molar-refractivity contribution in [1.82, 2.24) is 29.6 Å². The molecule has 0 saturated carbocycles. The Bertz CT molecular complexity index is 951. The predicted octanol–water partition coefficient (Wildman–Crippen LogP) is 1.93. The lowest BCUT2D eigenvalue weighted by Crippen LogP contribution is -2.46. The molecule has 2 aliphatic heterocycles. The van der Waals surface area contributed by atoms with E-state index in [0.29, 0.717) is 18.0 Å². The number of likely N-dealkylation sites (N-methyl/N-ethyl adjacent to an activating group) is 1. The monoisotopic (exact) mass is 527 g/mol. The summed E-state index contributed by atoms with van der Waals surface area (Å²) < 4.78 is 65.4. The Kier molecular flexibility index (Phi) is 9.55. The van der Waals surface area contributed by atoms with Crippen LogP contribution in [0.3, 0.4) is 0 Å². The van der Waals surface area contributed by atoms with Crippen molar-refractivity contribution in [2.45, 2.75) is 43.8 Å². The van der Waals surface area contributed by atoms with Crippen LogP contribution in [0.4, 0.5) is 32.3 Å². The summed E-state index contributed by atoms with van der Waals surface area (Å²) in [7, 11) is 2.25. The number of aromatic nitrogens is 5. The SMILES string of the molecule is CN1[C@H](Cn2cncn2)C[C@@H]2CN(c3ncccn3)CC[C@@H]21.O=C(O)C(F)(F)F.O=C(O)C(F)(F)F. The maximum absolute atomic E-state index is 10.6. The summed E-state index contributed by atoms with van der Waals surface area (Å²) in [5.74, 6) is -3.97. The molecule has 36 heavy (non-hydrogen) atoms. The number of halogens is 6. The van der Waals surface area contributed by atoms with E-state index in [-0.39, 0.29) is 0 Å². The molecule has 3 atom stereocenters. The van der Waals surface area contributed by atoms with Crippen LogP contribution in [0.2, 0.25) is 0 Å². The first-order valence-corrected chi connectivity index (χ1v) is 10.4. The van der Waals surface area contributed by atoms with Crippen molar-refractivity contribution < 1.29 is 46.1 Å². The number of nitrogens with zero attached hydrogens (tertiary/aromatic N) is 7. The lowest BCUT2D eigenvalue weighted by Gasteiger charge is -2.37. The van der Waals surface area contributed by atoms with E-state index in [1.165, 1.54) is 12.8 Å². The molecule has 17 heteroatoms. The van der Waals surface area contributed by atoms with E-state index < -0.39 is 24.3 Å². The van der Waals surface area contributed by atoms with Crippen LogP contribution in [0.15, 0.2) is 31.1 Å². The zero-order valence-corrected chi connectivity index (χ0v) is 18.8. The number of carboxylic acids is 2. The van der Waals surface area contributed by atoms with E-state index in [4.69, 9.17) is 19.8 Å². The van der Waals surface area contributed by atoms with Gasteiger partial charge in [-0.15, -0.1) is 0 Å². The van der Waals surface area contributed by atoms with Gasteiger partial charge in [-0.2, -0.15) is 31.4 Å². The molecule has 4 rings (SSSR count). The van der Waals surface area contributed by atoms with Gasteiger partial charge in [-0.05, 0) is 31.9 Å². The van der Waals surface area contributed by atoms with Crippen molar-refractivity contribution in [3.8, 4) is 0 Å². The summed E-state index contributed by atoms with van der Waals surface area (Å²) in [5.41, 5.74) is 0. The molecule has 0 aliphatic carbocycles. The topological polar surface area (TPSA) is 138 Å². The van der Waals surface area contributed by atoms with Crippen LogP contribution in [0.1, 0.15) is 12.8 Å². The minimum Gasteiger partial charge on any atom is -0.475 e. The number of rotatable bonds is 3. The molecule has 0 bridgehead atoms. The molecule has 2 N–H and O–H groups in total.